The second-order valence-electron chi connectivity index (χ2n) is 6.52. The molecule has 1 saturated heterocycles. The molecular weight excluding hydrogens is 282 g/mol. The Bertz CT molecular complexity index is 594. The summed E-state index contributed by atoms with van der Waals surface area (Å²) in [6, 6.07) is 8.01. The van der Waals surface area contributed by atoms with Crippen LogP contribution in [-0.4, -0.2) is 22.1 Å². The summed E-state index contributed by atoms with van der Waals surface area (Å²) in [5, 5.41) is -0.187. The van der Waals surface area contributed by atoms with Gasteiger partial charge in [0.15, 0.2) is 0 Å². The van der Waals surface area contributed by atoms with Gasteiger partial charge in [-0.05, 0) is 48.2 Å². The van der Waals surface area contributed by atoms with Gasteiger partial charge in [-0.15, -0.1) is 0 Å². The number of benzene rings is 1. The average Bonchev–Trinajstić information content (AvgIpc) is 2.64. The smallest absolute Gasteiger partial charge is 0.268 e. The van der Waals surface area contributed by atoms with E-state index in [2.05, 4.69) is 32.9 Å². The summed E-state index contributed by atoms with van der Waals surface area (Å²) >= 11 is 1.01. The Morgan fingerprint density at radius 1 is 1.10 bits per heavy atom. The fourth-order valence-corrected chi connectivity index (χ4v) is 3.12. The van der Waals surface area contributed by atoms with Gasteiger partial charge >= 0.3 is 0 Å². The topological polar surface area (TPSA) is 37.4 Å². The number of imide groups is 1. The summed E-state index contributed by atoms with van der Waals surface area (Å²) < 4.78 is 0. The number of carbonyl (C=O) groups is 2. The van der Waals surface area contributed by atoms with Gasteiger partial charge < -0.3 is 0 Å². The van der Waals surface area contributed by atoms with E-state index in [4.69, 9.17) is 0 Å². The van der Waals surface area contributed by atoms with Crippen LogP contribution >= 0.6 is 11.8 Å². The van der Waals surface area contributed by atoms with Crippen LogP contribution in [0.15, 0.2) is 29.2 Å². The third-order valence-corrected chi connectivity index (χ3v) is 4.30. The molecule has 0 unspecified atom stereocenters. The van der Waals surface area contributed by atoms with Crippen LogP contribution in [0.3, 0.4) is 0 Å². The molecule has 0 saturated carbocycles. The Balaban J connectivity index is 2.25. The second kappa shape index (κ2) is 5.68. The van der Waals surface area contributed by atoms with E-state index in [9.17, 15) is 9.59 Å². The quantitative estimate of drug-likeness (QED) is 0.759. The zero-order valence-corrected chi connectivity index (χ0v) is 14.0. The highest BCUT2D eigenvalue weighted by molar-refractivity contribution is 8.18. The van der Waals surface area contributed by atoms with Crippen LogP contribution in [0.5, 0.6) is 0 Å². The largest absolute Gasteiger partial charge is 0.293 e. The molecule has 0 atom stereocenters. The third kappa shape index (κ3) is 3.38. The lowest BCUT2D eigenvalue weighted by molar-refractivity contribution is -0.123. The molecule has 1 fully saturated rings. The Hall–Kier alpha value is -1.55. The third-order valence-electron chi connectivity index (χ3n) is 3.41. The number of hydrogen-bond acceptors (Lipinski definition) is 3. The fraction of sp³-hybridized carbons (Fsp3) is 0.412. The Morgan fingerprint density at radius 2 is 1.67 bits per heavy atom. The van der Waals surface area contributed by atoms with Crippen molar-refractivity contribution in [3.05, 3.63) is 40.3 Å². The van der Waals surface area contributed by atoms with Gasteiger partial charge in [0.1, 0.15) is 0 Å². The van der Waals surface area contributed by atoms with Crippen molar-refractivity contribution in [3.8, 4) is 0 Å². The number of thioether (sulfide) groups is 1. The Morgan fingerprint density at radius 3 is 2.10 bits per heavy atom. The first-order valence-electron chi connectivity index (χ1n) is 7.08. The van der Waals surface area contributed by atoms with Crippen LogP contribution in [0.1, 0.15) is 45.7 Å². The van der Waals surface area contributed by atoms with Crippen molar-refractivity contribution in [2.24, 2.45) is 0 Å². The molecule has 112 valence electrons. The van der Waals surface area contributed by atoms with Crippen molar-refractivity contribution in [1.82, 2.24) is 4.90 Å². The van der Waals surface area contributed by atoms with E-state index in [0.29, 0.717) is 4.91 Å². The maximum Gasteiger partial charge on any atom is 0.293 e. The minimum absolute atomic E-state index is 0.105. The molecule has 1 aliphatic rings. The van der Waals surface area contributed by atoms with E-state index in [1.807, 2.05) is 26.0 Å². The Kier molecular flexibility index (Phi) is 4.28. The van der Waals surface area contributed by atoms with E-state index in [-0.39, 0.29) is 22.6 Å². The summed E-state index contributed by atoms with van der Waals surface area (Å²) in [6.45, 7) is 10.2. The first kappa shape index (κ1) is 15.8. The van der Waals surface area contributed by atoms with Gasteiger partial charge in [-0.1, -0.05) is 45.0 Å². The van der Waals surface area contributed by atoms with Crippen LogP contribution in [0.4, 0.5) is 4.79 Å². The zero-order valence-electron chi connectivity index (χ0n) is 13.1. The highest BCUT2D eigenvalue weighted by atomic mass is 32.2. The predicted octanol–water partition coefficient (Wildman–Crippen LogP) is 4.43. The average molecular weight is 303 g/mol. The van der Waals surface area contributed by atoms with E-state index in [1.165, 1.54) is 10.5 Å². The summed E-state index contributed by atoms with van der Waals surface area (Å²) in [5.74, 6) is -0.195. The number of amides is 2. The lowest BCUT2D eigenvalue weighted by atomic mass is 9.87. The van der Waals surface area contributed by atoms with Crippen molar-refractivity contribution in [3.63, 3.8) is 0 Å². The number of nitrogens with zero attached hydrogens (tertiary/aromatic N) is 1. The standard InChI is InChI=1S/C17H21NO2S/c1-11(2)18-15(19)14(21-16(18)20)10-12-6-8-13(9-7-12)17(3,4)5/h6-11H,1-5H3/b14-10+. The second-order valence-corrected chi connectivity index (χ2v) is 7.51. The summed E-state index contributed by atoms with van der Waals surface area (Å²) in [7, 11) is 0. The van der Waals surface area contributed by atoms with E-state index in [0.717, 1.165) is 17.3 Å². The molecule has 3 nitrogen and oxygen atoms in total. The summed E-state index contributed by atoms with van der Waals surface area (Å²) in [6.07, 6.45) is 1.79. The van der Waals surface area contributed by atoms with Gasteiger partial charge in [0.05, 0.1) is 4.91 Å². The fourth-order valence-electron chi connectivity index (χ4n) is 2.16. The molecule has 0 spiro atoms. The Labute approximate surface area is 130 Å². The van der Waals surface area contributed by atoms with Crippen molar-refractivity contribution in [2.75, 3.05) is 0 Å². The number of carbonyl (C=O) groups excluding carboxylic acids is 2. The molecule has 0 radical (unpaired) electrons. The first-order valence-corrected chi connectivity index (χ1v) is 7.89. The molecule has 1 aromatic rings. The first-order chi connectivity index (χ1) is 9.70. The van der Waals surface area contributed by atoms with Gasteiger partial charge in [0, 0.05) is 6.04 Å². The monoisotopic (exact) mass is 303 g/mol. The van der Waals surface area contributed by atoms with Crippen molar-refractivity contribution in [1.29, 1.82) is 0 Å². The van der Waals surface area contributed by atoms with Gasteiger partial charge in [-0.2, -0.15) is 0 Å². The lowest BCUT2D eigenvalue weighted by Gasteiger charge is -2.18. The van der Waals surface area contributed by atoms with E-state index in [1.54, 1.807) is 6.08 Å². The van der Waals surface area contributed by atoms with Gasteiger partial charge in [0.2, 0.25) is 0 Å². The molecule has 0 bridgehead atoms. The highest BCUT2D eigenvalue weighted by Gasteiger charge is 2.36. The van der Waals surface area contributed by atoms with Gasteiger partial charge in [-0.3, -0.25) is 14.5 Å². The maximum absolute atomic E-state index is 12.2. The molecule has 2 rings (SSSR count). The molecule has 4 heteroatoms. The SMILES string of the molecule is CC(C)N1C(=O)S/C(=C/c2ccc(C(C)(C)C)cc2)C1=O. The van der Waals surface area contributed by atoms with Crippen molar-refractivity contribution >= 4 is 29.0 Å². The highest BCUT2D eigenvalue weighted by Crippen LogP contribution is 2.33. The summed E-state index contributed by atoms with van der Waals surface area (Å²) in [4.78, 5) is 25.8. The van der Waals surface area contributed by atoms with E-state index >= 15 is 0 Å². The van der Waals surface area contributed by atoms with Crippen LogP contribution in [0, 0.1) is 0 Å². The van der Waals surface area contributed by atoms with Crippen molar-refractivity contribution < 1.29 is 9.59 Å². The molecule has 1 aliphatic heterocycles. The molecule has 1 aromatic carbocycles. The number of hydrogen-bond donors (Lipinski definition) is 0. The molecule has 0 aliphatic carbocycles. The normalized spacial score (nSPS) is 18.2. The minimum atomic E-state index is -0.195. The molecule has 1 heterocycles. The molecule has 0 N–H and O–H groups in total. The minimum Gasteiger partial charge on any atom is -0.268 e. The van der Waals surface area contributed by atoms with E-state index < -0.39 is 0 Å². The predicted molar refractivity (Wildman–Crippen MR) is 88.1 cm³/mol. The molecular formula is C17H21NO2S. The molecule has 0 aromatic heterocycles. The van der Waals surface area contributed by atoms with Crippen molar-refractivity contribution in [2.45, 2.75) is 46.1 Å². The lowest BCUT2D eigenvalue weighted by Crippen LogP contribution is -2.34. The number of rotatable bonds is 2. The zero-order chi connectivity index (χ0) is 15.8. The van der Waals surface area contributed by atoms with Crippen LogP contribution in [0.25, 0.3) is 6.08 Å². The van der Waals surface area contributed by atoms with Gasteiger partial charge in [0.25, 0.3) is 11.1 Å². The molecule has 21 heavy (non-hydrogen) atoms. The molecule has 2 amide bonds. The van der Waals surface area contributed by atoms with Crippen LogP contribution in [-0.2, 0) is 10.2 Å². The van der Waals surface area contributed by atoms with Crippen LogP contribution in [0.2, 0.25) is 0 Å². The van der Waals surface area contributed by atoms with Crippen LogP contribution < -0.4 is 0 Å². The van der Waals surface area contributed by atoms with Gasteiger partial charge in [-0.25, -0.2) is 0 Å². The summed E-state index contributed by atoms with van der Waals surface area (Å²) in [5.41, 5.74) is 2.29. The maximum atomic E-state index is 12.2.